The molecule has 6 heteroatoms. The van der Waals surface area contributed by atoms with Gasteiger partial charge in [0.15, 0.2) is 0 Å². The fraction of sp³-hybridized carbons (Fsp3) is 0.0588. The van der Waals surface area contributed by atoms with Gasteiger partial charge >= 0.3 is 0 Å². The lowest BCUT2D eigenvalue weighted by Crippen LogP contribution is -2.11. The van der Waals surface area contributed by atoms with Gasteiger partial charge in [0, 0.05) is 33.2 Å². The first-order valence-corrected chi connectivity index (χ1v) is 7.32. The molecule has 0 spiro atoms. The third-order valence-corrected chi connectivity index (χ3v) is 3.85. The van der Waals surface area contributed by atoms with Gasteiger partial charge in [-0.3, -0.25) is 9.59 Å². The van der Waals surface area contributed by atoms with Crippen LogP contribution in [-0.2, 0) is 4.79 Å². The molecule has 1 heterocycles. The molecule has 2 amide bonds. The van der Waals surface area contributed by atoms with Crippen molar-refractivity contribution >= 4 is 40.4 Å². The number of allylic oxidation sites excluding steroid dienone is 1. The zero-order chi connectivity index (χ0) is 16.6. The van der Waals surface area contributed by atoms with Crippen molar-refractivity contribution in [3.63, 3.8) is 0 Å². The average Bonchev–Trinajstić information content (AvgIpc) is 2.84. The lowest BCUT2D eigenvalue weighted by atomic mass is 10.0. The van der Waals surface area contributed by atoms with E-state index >= 15 is 0 Å². The van der Waals surface area contributed by atoms with Crippen molar-refractivity contribution in [3.8, 4) is 0 Å². The number of nitrogens with one attached hydrogen (secondary N) is 2. The Bertz CT molecular complexity index is 841. The fourth-order valence-electron chi connectivity index (χ4n) is 2.51. The van der Waals surface area contributed by atoms with E-state index in [-0.39, 0.29) is 5.91 Å². The van der Waals surface area contributed by atoms with E-state index in [1.807, 2.05) is 19.1 Å². The molecule has 5 nitrogen and oxygen atoms in total. The molecule has 0 fully saturated rings. The maximum absolute atomic E-state index is 12.3. The molecule has 0 radical (unpaired) electrons. The summed E-state index contributed by atoms with van der Waals surface area (Å²) < 4.78 is 0. The van der Waals surface area contributed by atoms with Gasteiger partial charge in [-0.05, 0) is 43.3 Å². The highest BCUT2D eigenvalue weighted by atomic mass is 35.5. The van der Waals surface area contributed by atoms with Crippen molar-refractivity contribution in [2.24, 2.45) is 5.73 Å². The summed E-state index contributed by atoms with van der Waals surface area (Å²) in [5.74, 6) is -0.754. The first-order chi connectivity index (χ1) is 11.0. The summed E-state index contributed by atoms with van der Waals surface area (Å²) in [5.41, 5.74) is 9.00. The SMILES string of the molecule is CC(Nc1ccc(Cl)cc1)=C1C(=O)Nc2cc(C(N)=O)ccc21. The number of hydrogen-bond acceptors (Lipinski definition) is 3. The van der Waals surface area contributed by atoms with E-state index in [0.29, 0.717) is 27.5 Å². The molecule has 3 rings (SSSR count). The number of anilines is 2. The Balaban J connectivity index is 1.98. The van der Waals surface area contributed by atoms with E-state index in [1.54, 1.807) is 30.3 Å². The van der Waals surface area contributed by atoms with Crippen molar-refractivity contribution in [3.05, 3.63) is 64.3 Å². The molecule has 2 aromatic rings. The zero-order valence-electron chi connectivity index (χ0n) is 12.3. The van der Waals surface area contributed by atoms with Crippen molar-refractivity contribution in [1.82, 2.24) is 0 Å². The predicted molar refractivity (Wildman–Crippen MR) is 91.3 cm³/mol. The Labute approximate surface area is 138 Å². The van der Waals surface area contributed by atoms with Crippen LogP contribution in [-0.4, -0.2) is 11.8 Å². The topological polar surface area (TPSA) is 84.2 Å². The third kappa shape index (κ3) is 2.91. The second-order valence-corrected chi connectivity index (χ2v) is 5.65. The summed E-state index contributed by atoms with van der Waals surface area (Å²) in [6, 6.07) is 12.1. The minimum atomic E-state index is -0.532. The number of amides is 2. The lowest BCUT2D eigenvalue weighted by Gasteiger charge is -2.09. The molecule has 0 saturated heterocycles. The first-order valence-electron chi connectivity index (χ1n) is 6.95. The minimum absolute atomic E-state index is 0.222. The Morgan fingerprint density at radius 3 is 2.52 bits per heavy atom. The van der Waals surface area contributed by atoms with Crippen LogP contribution >= 0.6 is 11.6 Å². The van der Waals surface area contributed by atoms with Crippen LogP contribution < -0.4 is 16.4 Å². The van der Waals surface area contributed by atoms with Crippen LogP contribution in [0.15, 0.2) is 48.2 Å². The number of nitrogens with two attached hydrogens (primary N) is 1. The molecule has 2 aromatic carbocycles. The Kier molecular flexibility index (Phi) is 3.80. The van der Waals surface area contributed by atoms with Crippen molar-refractivity contribution in [2.75, 3.05) is 10.6 Å². The summed E-state index contributed by atoms with van der Waals surface area (Å²) >= 11 is 5.86. The van der Waals surface area contributed by atoms with E-state index in [4.69, 9.17) is 17.3 Å². The second kappa shape index (κ2) is 5.78. The van der Waals surface area contributed by atoms with E-state index in [9.17, 15) is 9.59 Å². The van der Waals surface area contributed by atoms with Crippen molar-refractivity contribution in [1.29, 1.82) is 0 Å². The third-order valence-electron chi connectivity index (χ3n) is 3.60. The second-order valence-electron chi connectivity index (χ2n) is 5.21. The van der Waals surface area contributed by atoms with E-state index in [2.05, 4.69) is 10.6 Å². The average molecular weight is 328 g/mol. The van der Waals surface area contributed by atoms with Crippen LogP contribution in [0.5, 0.6) is 0 Å². The molecule has 23 heavy (non-hydrogen) atoms. The molecule has 0 saturated carbocycles. The highest BCUT2D eigenvalue weighted by Gasteiger charge is 2.27. The fourth-order valence-corrected chi connectivity index (χ4v) is 2.64. The van der Waals surface area contributed by atoms with Crippen LogP contribution in [0.1, 0.15) is 22.8 Å². The number of benzene rings is 2. The van der Waals surface area contributed by atoms with Gasteiger partial charge in [0.05, 0.1) is 5.57 Å². The van der Waals surface area contributed by atoms with Gasteiger partial charge in [-0.25, -0.2) is 0 Å². The summed E-state index contributed by atoms with van der Waals surface area (Å²) in [5, 5.41) is 6.58. The Hall–Kier alpha value is -2.79. The van der Waals surface area contributed by atoms with Crippen LogP contribution in [0.2, 0.25) is 5.02 Å². The molecular weight excluding hydrogens is 314 g/mol. The van der Waals surface area contributed by atoms with Gasteiger partial charge < -0.3 is 16.4 Å². The van der Waals surface area contributed by atoms with Gasteiger partial charge in [-0.2, -0.15) is 0 Å². The van der Waals surface area contributed by atoms with Crippen molar-refractivity contribution < 1.29 is 9.59 Å². The monoisotopic (exact) mass is 327 g/mol. The summed E-state index contributed by atoms with van der Waals surface area (Å²) in [6.45, 7) is 1.82. The van der Waals surface area contributed by atoms with Crippen molar-refractivity contribution in [2.45, 2.75) is 6.92 Å². The number of carbonyl (C=O) groups excluding carboxylic acids is 2. The van der Waals surface area contributed by atoms with Gasteiger partial charge in [-0.1, -0.05) is 17.7 Å². The highest BCUT2D eigenvalue weighted by Crippen LogP contribution is 2.34. The van der Waals surface area contributed by atoms with E-state index in [1.165, 1.54) is 0 Å². The van der Waals surface area contributed by atoms with Gasteiger partial charge in [-0.15, -0.1) is 0 Å². The largest absolute Gasteiger partial charge is 0.366 e. The number of primary amides is 1. The number of halogens is 1. The number of rotatable bonds is 3. The maximum atomic E-state index is 12.3. The molecule has 0 bridgehead atoms. The molecular formula is C17H14ClN3O2. The normalized spacial score (nSPS) is 15.0. The summed E-state index contributed by atoms with van der Waals surface area (Å²) in [7, 11) is 0. The predicted octanol–water partition coefficient (Wildman–Crippen LogP) is 3.23. The quantitative estimate of drug-likeness (QED) is 0.757. The summed E-state index contributed by atoms with van der Waals surface area (Å²) in [6.07, 6.45) is 0. The maximum Gasteiger partial charge on any atom is 0.258 e. The van der Waals surface area contributed by atoms with Crippen LogP contribution in [0.3, 0.4) is 0 Å². The molecule has 0 aromatic heterocycles. The van der Waals surface area contributed by atoms with Crippen LogP contribution in [0, 0.1) is 0 Å². The molecule has 0 unspecified atom stereocenters. The van der Waals surface area contributed by atoms with Crippen LogP contribution in [0.4, 0.5) is 11.4 Å². The molecule has 1 aliphatic heterocycles. The standard InChI is InChI=1S/C17H14ClN3O2/c1-9(20-12-5-3-11(18)4-6-12)15-13-7-2-10(16(19)22)8-14(13)21-17(15)23/h2-8,20H,1H3,(H2,19,22)(H,21,23). The molecule has 0 aliphatic carbocycles. The molecule has 0 atom stereocenters. The summed E-state index contributed by atoms with van der Waals surface area (Å²) in [4.78, 5) is 23.5. The number of carbonyl (C=O) groups is 2. The Morgan fingerprint density at radius 2 is 1.87 bits per heavy atom. The zero-order valence-corrected chi connectivity index (χ0v) is 13.1. The first kappa shape index (κ1) is 15.1. The van der Waals surface area contributed by atoms with Gasteiger partial charge in [0.2, 0.25) is 5.91 Å². The molecule has 4 N–H and O–H groups in total. The molecule has 116 valence electrons. The minimum Gasteiger partial charge on any atom is -0.366 e. The highest BCUT2D eigenvalue weighted by molar-refractivity contribution is 6.32. The lowest BCUT2D eigenvalue weighted by molar-refractivity contribution is -0.110. The molecule has 1 aliphatic rings. The van der Waals surface area contributed by atoms with Gasteiger partial charge in [0.25, 0.3) is 5.91 Å². The number of hydrogen-bond donors (Lipinski definition) is 3. The van der Waals surface area contributed by atoms with E-state index < -0.39 is 5.91 Å². The van der Waals surface area contributed by atoms with Crippen LogP contribution in [0.25, 0.3) is 5.57 Å². The van der Waals surface area contributed by atoms with E-state index in [0.717, 1.165) is 11.3 Å². The smallest absolute Gasteiger partial charge is 0.258 e. The number of fused-ring (bicyclic) bond motifs is 1. The van der Waals surface area contributed by atoms with Gasteiger partial charge in [0.1, 0.15) is 0 Å². The Morgan fingerprint density at radius 1 is 1.17 bits per heavy atom.